The zero-order valence-electron chi connectivity index (χ0n) is 22.5. The average Bonchev–Trinajstić information content (AvgIpc) is 2.72. The number of Topliss-reactive ketones (excluding diaryl/α,β-unsaturated/α-hetero) is 1. The van der Waals surface area contributed by atoms with Crippen LogP contribution in [-0.4, -0.2) is 43.8 Å². The molecular formula is C27H44ClNO4Si. The number of hydrogen-bond donors (Lipinski definition) is 0. The number of amides is 1. The Morgan fingerprint density at radius 1 is 1.03 bits per heavy atom. The lowest BCUT2D eigenvalue weighted by Gasteiger charge is -2.42. The highest BCUT2D eigenvalue weighted by Gasteiger charge is 2.45. The summed E-state index contributed by atoms with van der Waals surface area (Å²) in [5.41, 5.74) is 2.44. The van der Waals surface area contributed by atoms with E-state index in [0.29, 0.717) is 59.7 Å². The molecule has 34 heavy (non-hydrogen) atoms. The molecule has 0 bridgehead atoms. The van der Waals surface area contributed by atoms with E-state index in [-0.39, 0.29) is 17.8 Å². The second-order valence-corrected chi connectivity index (χ2v) is 17.4. The second-order valence-electron chi connectivity index (χ2n) is 11.5. The lowest BCUT2D eigenvalue weighted by atomic mass is 9.87. The number of ketones is 1. The highest BCUT2D eigenvalue weighted by Crippen LogP contribution is 2.43. The Hall–Kier alpha value is -1.37. The van der Waals surface area contributed by atoms with Gasteiger partial charge < -0.3 is 14.1 Å². The maximum absolute atomic E-state index is 13.6. The fourth-order valence-corrected chi connectivity index (χ4v) is 11.1. The summed E-state index contributed by atoms with van der Waals surface area (Å²) in [5.74, 6) is -0.0472. The van der Waals surface area contributed by atoms with Gasteiger partial charge in [-0.3, -0.25) is 4.79 Å². The average molecular weight is 510 g/mol. The molecule has 0 N–H and O–H groups in total. The molecule has 0 unspecified atom stereocenters. The van der Waals surface area contributed by atoms with Gasteiger partial charge in [-0.25, -0.2) is 4.79 Å². The van der Waals surface area contributed by atoms with Gasteiger partial charge in [0.1, 0.15) is 5.60 Å². The molecular weight excluding hydrogens is 466 g/mol. The van der Waals surface area contributed by atoms with E-state index in [1.807, 2.05) is 32.9 Å². The van der Waals surface area contributed by atoms with Crippen LogP contribution in [0.15, 0.2) is 18.2 Å². The number of carbonyl (C=O) groups excluding carboxylic acids is 2. The number of rotatable bonds is 8. The molecule has 0 radical (unpaired) electrons. The molecule has 5 nitrogen and oxygen atoms in total. The summed E-state index contributed by atoms with van der Waals surface area (Å²) >= 11 is 6.31. The zero-order valence-corrected chi connectivity index (χ0v) is 24.3. The van der Waals surface area contributed by atoms with Crippen LogP contribution in [0.1, 0.15) is 91.1 Å². The van der Waals surface area contributed by atoms with Crippen LogP contribution in [0.3, 0.4) is 0 Å². The molecule has 192 valence electrons. The van der Waals surface area contributed by atoms with Crippen molar-refractivity contribution in [3.8, 4) is 0 Å². The molecule has 1 fully saturated rings. The first-order valence-electron chi connectivity index (χ1n) is 12.6. The first-order chi connectivity index (χ1) is 15.7. The predicted octanol–water partition coefficient (Wildman–Crippen LogP) is 7.86. The maximum Gasteiger partial charge on any atom is 0.410 e. The third-order valence-electron chi connectivity index (χ3n) is 7.04. The fourth-order valence-electron chi connectivity index (χ4n) is 5.48. The smallest absolute Gasteiger partial charge is 0.410 e. The van der Waals surface area contributed by atoms with Gasteiger partial charge in [0.15, 0.2) is 5.78 Å². The van der Waals surface area contributed by atoms with E-state index in [2.05, 4.69) is 41.5 Å². The third kappa shape index (κ3) is 6.85. The second kappa shape index (κ2) is 11.6. The van der Waals surface area contributed by atoms with Crippen LogP contribution in [0, 0.1) is 5.92 Å². The Bertz CT molecular complexity index is 833. The summed E-state index contributed by atoms with van der Waals surface area (Å²) in [6, 6.07) is 5.56. The largest absolute Gasteiger partial charge is 0.444 e. The minimum Gasteiger partial charge on any atom is -0.444 e. The van der Waals surface area contributed by atoms with E-state index >= 15 is 0 Å². The minimum absolute atomic E-state index is 0.0934. The van der Waals surface area contributed by atoms with Crippen molar-refractivity contribution in [3.63, 3.8) is 0 Å². The maximum atomic E-state index is 13.6. The highest BCUT2D eigenvalue weighted by molar-refractivity contribution is 6.77. The highest BCUT2D eigenvalue weighted by atomic mass is 35.5. The van der Waals surface area contributed by atoms with Crippen LogP contribution < -0.4 is 0 Å². The van der Waals surface area contributed by atoms with Crippen molar-refractivity contribution in [2.24, 2.45) is 5.92 Å². The number of benzene rings is 1. The summed E-state index contributed by atoms with van der Waals surface area (Å²) in [7, 11) is -2.07. The van der Waals surface area contributed by atoms with E-state index in [1.165, 1.54) is 0 Å². The lowest BCUT2D eigenvalue weighted by molar-refractivity contribution is 0.0182. The quantitative estimate of drug-likeness (QED) is 0.264. The molecule has 0 saturated carbocycles. The molecule has 1 aliphatic heterocycles. The summed E-state index contributed by atoms with van der Waals surface area (Å²) in [6.45, 7) is 20.6. The van der Waals surface area contributed by atoms with Crippen molar-refractivity contribution >= 4 is 31.8 Å². The minimum atomic E-state index is -2.07. The van der Waals surface area contributed by atoms with Crippen LogP contribution in [0.5, 0.6) is 0 Å². The molecule has 1 aliphatic rings. The molecule has 1 heterocycles. The van der Waals surface area contributed by atoms with E-state index in [9.17, 15) is 9.59 Å². The molecule has 0 aliphatic carbocycles. The molecule has 2 rings (SSSR count). The first-order valence-corrected chi connectivity index (χ1v) is 15.1. The summed E-state index contributed by atoms with van der Waals surface area (Å²) < 4.78 is 12.3. The Kier molecular flexibility index (Phi) is 9.83. The van der Waals surface area contributed by atoms with Crippen LogP contribution in [0.4, 0.5) is 4.79 Å². The number of carbonyl (C=O) groups is 2. The summed E-state index contributed by atoms with van der Waals surface area (Å²) in [4.78, 5) is 27.7. The number of ether oxygens (including phenoxy) is 1. The Labute approximate surface area is 212 Å². The monoisotopic (exact) mass is 509 g/mol. The van der Waals surface area contributed by atoms with Gasteiger partial charge in [0.25, 0.3) is 0 Å². The van der Waals surface area contributed by atoms with Gasteiger partial charge >= 0.3 is 6.09 Å². The Balaban J connectivity index is 2.17. The Morgan fingerprint density at radius 2 is 1.56 bits per heavy atom. The zero-order chi connectivity index (χ0) is 25.8. The molecule has 1 amide bonds. The molecule has 1 aromatic carbocycles. The van der Waals surface area contributed by atoms with Crippen LogP contribution in [0.25, 0.3) is 0 Å². The molecule has 7 heteroatoms. The molecule has 0 atom stereocenters. The first kappa shape index (κ1) is 28.9. The van der Waals surface area contributed by atoms with Crippen molar-refractivity contribution in [1.82, 2.24) is 4.90 Å². The summed E-state index contributed by atoms with van der Waals surface area (Å²) in [6.07, 6.45) is 0.925. The molecule has 0 aromatic heterocycles. The van der Waals surface area contributed by atoms with Crippen LogP contribution in [-0.2, 0) is 15.8 Å². The molecule has 0 spiro atoms. The van der Waals surface area contributed by atoms with E-state index in [0.717, 1.165) is 5.56 Å². The van der Waals surface area contributed by atoms with Crippen LogP contribution >= 0.6 is 11.6 Å². The number of nitrogens with zero attached hydrogens (tertiary/aromatic N) is 1. The summed E-state index contributed by atoms with van der Waals surface area (Å²) in [5, 5.41) is 0.554. The van der Waals surface area contributed by atoms with Gasteiger partial charge in [-0.2, -0.15) is 0 Å². The van der Waals surface area contributed by atoms with Gasteiger partial charge in [0.05, 0.1) is 6.61 Å². The fraction of sp³-hybridized carbons (Fsp3) is 0.704. The number of hydrogen-bond acceptors (Lipinski definition) is 4. The van der Waals surface area contributed by atoms with Crippen LogP contribution in [0.2, 0.25) is 21.6 Å². The molecule has 1 saturated heterocycles. The molecule has 1 aromatic rings. The number of likely N-dealkylation sites (tertiary alicyclic amines) is 1. The van der Waals surface area contributed by atoms with Gasteiger partial charge in [-0.15, -0.1) is 0 Å². The van der Waals surface area contributed by atoms with Gasteiger partial charge in [0, 0.05) is 29.6 Å². The SMILES string of the molecule is CC(C)[Si](OCc1ccc(Cl)cc1C(=O)C1CCN(C(=O)OC(C)(C)C)CC1)(C(C)C)C(C)C. The topological polar surface area (TPSA) is 55.8 Å². The van der Waals surface area contributed by atoms with Gasteiger partial charge in [-0.1, -0.05) is 59.2 Å². The van der Waals surface area contributed by atoms with Crippen molar-refractivity contribution in [2.45, 2.75) is 104 Å². The van der Waals surface area contributed by atoms with Crippen molar-refractivity contribution < 1.29 is 18.8 Å². The predicted molar refractivity (Wildman–Crippen MR) is 142 cm³/mol. The standard InChI is InChI=1S/C27H44ClNO4Si/c1-18(2)34(19(3)4,20(5)6)32-17-22-10-11-23(28)16-24(22)25(30)21-12-14-29(15-13-21)26(31)33-27(7,8)9/h10-11,16,18-21H,12-15,17H2,1-9H3. The third-order valence-corrected chi connectivity index (χ3v) is 13.3. The van der Waals surface area contributed by atoms with Gasteiger partial charge in [0.2, 0.25) is 8.32 Å². The Morgan fingerprint density at radius 3 is 2.03 bits per heavy atom. The van der Waals surface area contributed by atoms with E-state index in [1.54, 1.807) is 11.0 Å². The van der Waals surface area contributed by atoms with Crippen molar-refractivity contribution in [3.05, 3.63) is 34.3 Å². The number of halogens is 1. The van der Waals surface area contributed by atoms with E-state index in [4.69, 9.17) is 20.8 Å². The van der Waals surface area contributed by atoms with E-state index < -0.39 is 13.9 Å². The number of piperidine rings is 1. The van der Waals surface area contributed by atoms with Crippen molar-refractivity contribution in [2.75, 3.05) is 13.1 Å². The van der Waals surface area contributed by atoms with Gasteiger partial charge in [-0.05, 0) is 67.9 Å². The normalized spacial score (nSPS) is 16.0. The van der Waals surface area contributed by atoms with Crippen molar-refractivity contribution in [1.29, 1.82) is 0 Å². The lowest BCUT2D eigenvalue weighted by Crippen LogP contribution is -2.47.